The third kappa shape index (κ3) is 2.77. The quantitative estimate of drug-likeness (QED) is 0.846. The van der Waals surface area contributed by atoms with Crippen molar-refractivity contribution in [2.45, 2.75) is 13.5 Å². The number of nitrogen functional groups attached to an aromatic ring is 1. The Bertz CT molecular complexity index is 570. The molecule has 0 aromatic heterocycles. The maximum absolute atomic E-state index is 13.5. The van der Waals surface area contributed by atoms with Gasteiger partial charge in [-0.05, 0) is 30.7 Å². The van der Waals surface area contributed by atoms with Gasteiger partial charge in [0.05, 0.1) is 0 Å². The second kappa shape index (κ2) is 5.04. The summed E-state index contributed by atoms with van der Waals surface area (Å²) < 4.78 is 31.9. The molecule has 0 heterocycles. The fraction of sp³-hybridized carbons (Fsp3) is 0.143. The van der Waals surface area contributed by atoms with Gasteiger partial charge in [0, 0.05) is 17.3 Å². The van der Waals surface area contributed by atoms with Crippen LogP contribution in [0.4, 0.5) is 14.5 Å². The second-order valence-corrected chi connectivity index (χ2v) is 4.05. The molecule has 2 aromatic carbocycles. The summed E-state index contributed by atoms with van der Waals surface area (Å²) in [7, 11) is 0. The van der Waals surface area contributed by atoms with E-state index >= 15 is 0 Å². The van der Waals surface area contributed by atoms with Crippen molar-refractivity contribution in [1.29, 1.82) is 0 Å². The van der Waals surface area contributed by atoms with E-state index in [4.69, 9.17) is 10.5 Å². The summed E-state index contributed by atoms with van der Waals surface area (Å²) in [6.45, 7) is 1.84. The van der Waals surface area contributed by atoms with Crippen LogP contribution < -0.4 is 10.5 Å². The van der Waals surface area contributed by atoms with Crippen LogP contribution in [0.5, 0.6) is 5.75 Å². The highest BCUT2D eigenvalue weighted by Gasteiger charge is 2.06. The molecule has 18 heavy (non-hydrogen) atoms. The minimum atomic E-state index is -0.427. The maximum atomic E-state index is 13.5. The molecular weight excluding hydrogens is 236 g/mol. The van der Waals surface area contributed by atoms with Gasteiger partial charge in [0.25, 0.3) is 0 Å². The van der Waals surface area contributed by atoms with Gasteiger partial charge in [-0.15, -0.1) is 0 Å². The lowest BCUT2D eigenvalue weighted by atomic mass is 10.2. The van der Waals surface area contributed by atoms with Crippen molar-refractivity contribution >= 4 is 5.69 Å². The zero-order valence-electron chi connectivity index (χ0n) is 9.91. The van der Waals surface area contributed by atoms with Crippen LogP contribution in [-0.2, 0) is 6.61 Å². The fourth-order valence-corrected chi connectivity index (χ4v) is 1.57. The first-order valence-corrected chi connectivity index (χ1v) is 5.49. The number of halogens is 2. The van der Waals surface area contributed by atoms with Gasteiger partial charge in [-0.1, -0.05) is 12.1 Å². The monoisotopic (exact) mass is 249 g/mol. The topological polar surface area (TPSA) is 35.2 Å². The second-order valence-electron chi connectivity index (χ2n) is 4.05. The molecule has 2 nitrogen and oxygen atoms in total. The molecule has 0 saturated carbocycles. The fourth-order valence-electron chi connectivity index (χ4n) is 1.57. The Hall–Kier alpha value is -2.10. The third-order valence-corrected chi connectivity index (χ3v) is 2.61. The molecule has 0 radical (unpaired) electrons. The highest BCUT2D eigenvalue weighted by molar-refractivity contribution is 5.40. The van der Waals surface area contributed by atoms with Gasteiger partial charge in [-0.25, -0.2) is 8.78 Å². The average molecular weight is 249 g/mol. The van der Waals surface area contributed by atoms with E-state index in [9.17, 15) is 8.78 Å². The lowest BCUT2D eigenvalue weighted by molar-refractivity contribution is 0.296. The molecule has 0 atom stereocenters. The molecule has 0 saturated heterocycles. The zero-order chi connectivity index (χ0) is 13.1. The van der Waals surface area contributed by atoms with Gasteiger partial charge in [0.1, 0.15) is 24.0 Å². The van der Waals surface area contributed by atoms with E-state index in [1.165, 1.54) is 18.2 Å². The van der Waals surface area contributed by atoms with E-state index in [1.807, 2.05) is 0 Å². The largest absolute Gasteiger partial charge is 0.488 e. The SMILES string of the molecule is Cc1ccc(F)cc1OCc1ccc(N)cc1F. The van der Waals surface area contributed by atoms with Crippen LogP contribution in [0.1, 0.15) is 11.1 Å². The summed E-state index contributed by atoms with van der Waals surface area (Å²) in [5.74, 6) is -0.399. The first-order chi connectivity index (χ1) is 8.56. The van der Waals surface area contributed by atoms with E-state index in [0.29, 0.717) is 17.0 Å². The molecule has 2 rings (SSSR count). The first kappa shape index (κ1) is 12.4. The molecule has 2 aromatic rings. The number of anilines is 1. The van der Waals surface area contributed by atoms with Crippen LogP contribution >= 0.6 is 0 Å². The lowest BCUT2D eigenvalue weighted by Gasteiger charge is -2.10. The van der Waals surface area contributed by atoms with Crippen molar-refractivity contribution in [3.63, 3.8) is 0 Å². The van der Waals surface area contributed by atoms with Crippen LogP contribution in [0, 0.1) is 18.6 Å². The van der Waals surface area contributed by atoms with Crippen molar-refractivity contribution in [3.8, 4) is 5.75 Å². The maximum Gasteiger partial charge on any atom is 0.131 e. The highest BCUT2D eigenvalue weighted by atomic mass is 19.1. The Morgan fingerprint density at radius 1 is 1.11 bits per heavy atom. The van der Waals surface area contributed by atoms with Crippen LogP contribution in [-0.4, -0.2) is 0 Å². The Kier molecular flexibility index (Phi) is 3.46. The number of hydrogen-bond acceptors (Lipinski definition) is 2. The summed E-state index contributed by atoms with van der Waals surface area (Å²) in [6.07, 6.45) is 0. The molecule has 4 heteroatoms. The zero-order valence-corrected chi connectivity index (χ0v) is 9.91. The van der Waals surface area contributed by atoms with Gasteiger partial charge < -0.3 is 10.5 Å². The number of rotatable bonds is 3. The normalized spacial score (nSPS) is 10.4. The van der Waals surface area contributed by atoms with Gasteiger partial charge in [0.15, 0.2) is 0 Å². The number of aryl methyl sites for hydroxylation is 1. The lowest BCUT2D eigenvalue weighted by Crippen LogP contribution is -2.01. The number of hydrogen-bond donors (Lipinski definition) is 1. The summed E-state index contributed by atoms with van der Waals surface area (Å²) >= 11 is 0. The van der Waals surface area contributed by atoms with E-state index < -0.39 is 5.82 Å². The predicted molar refractivity (Wildman–Crippen MR) is 66.3 cm³/mol. The van der Waals surface area contributed by atoms with Gasteiger partial charge in [-0.2, -0.15) is 0 Å². The number of nitrogens with two attached hydrogens (primary N) is 1. The van der Waals surface area contributed by atoms with Crippen LogP contribution in [0.2, 0.25) is 0 Å². The predicted octanol–water partition coefficient (Wildman–Crippen LogP) is 3.43. The summed E-state index contributed by atoms with van der Waals surface area (Å²) in [5.41, 5.74) is 6.99. The standard InChI is InChI=1S/C14H13F2NO/c1-9-2-4-11(15)6-14(9)18-8-10-3-5-12(17)7-13(10)16/h2-7H,8,17H2,1H3. The van der Waals surface area contributed by atoms with Crippen LogP contribution in [0.15, 0.2) is 36.4 Å². The Morgan fingerprint density at radius 3 is 2.61 bits per heavy atom. The molecule has 94 valence electrons. The third-order valence-electron chi connectivity index (χ3n) is 2.61. The van der Waals surface area contributed by atoms with Crippen molar-refractivity contribution in [2.24, 2.45) is 0 Å². The van der Waals surface area contributed by atoms with E-state index in [1.54, 1.807) is 25.1 Å². The minimum Gasteiger partial charge on any atom is -0.488 e. The smallest absolute Gasteiger partial charge is 0.131 e. The van der Waals surface area contributed by atoms with Gasteiger partial charge in [-0.3, -0.25) is 0 Å². The number of ether oxygens (including phenoxy) is 1. The molecular formula is C14H13F2NO. The summed E-state index contributed by atoms with van der Waals surface area (Å²) in [5, 5.41) is 0. The Morgan fingerprint density at radius 2 is 1.89 bits per heavy atom. The van der Waals surface area contributed by atoms with E-state index in [-0.39, 0.29) is 12.4 Å². The first-order valence-electron chi connectivity index (χ1n) is 5.49. The summed E-state index contributed by atoms with van der Waals surface area (Å²) in [4.78, 5) is 0. The molecule has 0 aliphatic heterocycles. The van der Waals surface area contributed by atoms with Crippen molar-refractivity contribution in [3.05, 3.63) is 59.2 Å². The molecule has 0 aliphatic rings. The molecule has 0 unspecified atom stereocenters. The molecule has 0 bridgehead atoms. The minimum absolute atomic E-state index is 0.0381. The number of benzene rings is 2. The van der Waals surface area contributed by atoms with E-state index in [2.05, 4.69) is 0 Å². The van der Waals surface area contributed by atoms with Gasteiger partial charge in [0.2, 0.25) is 0 Å². The molecule has 2 N–H and O–H groups in total. The van der Waals surface area contributed by atoms with E-state index in [0.717, 1.165) is 5.56 Å². The molecule has 0 aliphatic carbocycles. The highest BCUT2D eigenvalue weighted by Crippen LogP contribution is 2.21. The molecule has 0 spiro atoms. The Labute approximate surface area is 104 Å². The average Bonchev–Trinajstić information content (AvgIpc) is 2.32. The Balaban J connectivity index is 2.13. The van der Waals surface area contributed by atoms with Crippen LogP contribution in [0.25, 0.3) is 0 Å². The van der Waals surface area contributed by atoms with Crippen molar-refractivity contribution in [2.75, 3.05) is 5.73 Å². The summed E-state index contributed by atoms with van der Waals surface area (Å²) in [6, 6.07) is 8.64. The molecule has 0 fully saturated rings. The molecule has 0 amide bonds. The van der Waals surface area contributed by atoms with Crippen molar-refractivity contribution < 1.29 is 13.5 Å². The van der Waals surface area contributed by atoms with Crippen LogP contribution in [0.3, 0.4) is 0 Å². The van der Waals surface area contributed by atoms with Crippen molar-refractivity contribution in [1.82, 2.24) is 0 Å². The van der Waals surface area contributed by atoms with Gasteiger partial charge >= 0.3 is 0 Å².